The first-order valence-corrected chi connectivity index (χ1v) is 3.51. The summed E-state index contributed by atoms with van der Waals surface area (Å²) in [5, 5.41) is 1.72. The lowest BCUT2D eigenvalue weighted by atomic mass is 9.98. The minimum absolute atomic E-state index is 0.0810. The molecule has 4 heteroatoms. The number of carbonyl (C=O) groups is 1. The van der Waals surface area contributed by atoms with Gasteiger partial charge in [0.1, 0.15) is 5.92 Å². The number of esters is 1. The number of hydroxylamine groups is 2. The average molecular weight is 155 g/mol. The first-order chi connectivity index (χ1) is 5.33. The summed E-state index contributed by atoms with van der Waals surface area (Å²) in [6.45, 7) is 1.22. The molecule has 2 aliphatic heterocycles. The Morgan fingerprint density at radius 3 is 3.36 bits per heavy atom. The molecule has 11 heavy (non-hydrogen) atoms. The third-order valence-electron chi connectivity index (χ3n) is 2.00. The molecule has 4 nitrogen and oxygen atoms in total. The standard InChI is InChI=1S/C7H9NO3/c1-10-7(9)5-4-8-6(5)2-3-11-8/h2,5H,3-4H2,1H3. The van der Waals surface area contributed by atoms with E-state index in [-0.39, 0.29) is 11.9 Å². The van der Waals surface area contributed by atoms with E-state index in [0.29, 0.717) is 13.2 Å². The summed E-state index contributed by atoms with van der Waals surface area (Å²) in [6.07, 6.45) is 1.91. The lowest BCUT2D eigenvalue weighted by molar-refractivity contribution is -0.175. The molecule has 0 saturated carbocycles. The van der Waals surface area contributed by atoms with Gasteiger partial charge in [-0.2, -0.15) is 0 Å². The van der Waals surface area contributed by atoms with Crippen LogP contribution in [0.3, 0.4) is 0 Å². The van der Waals surface area contributed by atoms with Crippen LogP contribution in [0.1, 0.15) is 0 Å². The summed E-state index contributed by atoms with van der Waals surface area (Å²) in [5.41, 5.74) is 0.955. The van der Waals surface area contributed by atoms with Crippen molar-refractivity contribution in [2.24, 2.45) is 5.92 Å². The average Bonchev–Trinajstić information content (AvgIpc) is 2.32. The molecule has 0 radical (unpaired) electrons. The molecule has 1 unspecified atom stereocenters. The largest absolute Gasteiger partial charge is 0.468 e. The van der Waals surface area contributed by atoms with E-state index in [9.17, 15) is 4.79 Å². The Balaban J connectivity index is 2.05. The van der Waals surface area contributed by atoms with Gasteiger partial charge in [0.15, 0.2) is 0 Å². The molecular weight excluding hydrogens is 146 g/mol. The molecule has 1 saturated heterocycles. The Morgan fingerprint density at radius 2 is 2.73 bits per heavy atom. The van der Waals surface area contributed by atoms with Gasteiger partial charge in [0.25, 0.3) is 0 Å². The number of fused-ring (bicyclic) bond motifs is 1. The second kappa shape index (κ2) is 2.23. The summed E-state index contributed by atoms with van der Waals surface area (Å²) in [6, 6.07) is 0. The van der Waals surface area contributed by atoms with Crippen molar-refractivity contribution in [3.8, 4) is 0 Å². The van der Waals surface area contributed by atoms with Crippen LogP contribution in [-0.4, -0.2) is 31.3 Å². The van der Waals surface area contributed by atoms with Crippen molar-refractivity contribution in [2.45, 2.75) is 0 Å². The van der Waals surface area contributed by atoms with Gasteiger partial charge in [-0.15, -0.1) is 0 Å². The van der Waals surface area contributed by atoms with E-state index < -0.39 is 0 Å². The molecule has 2 rings (SSSR count). The zero-order valence-corrected chi connectivity index (χ0v) is 6.24. The van der Waals surface area contributed by atoms with Crippen molar-refractivity contribution in [2.75, 3.05) is 20.3 Å². The lowest BCUT2D eigenvalue weighted by Crippen LogP contribution is -2.45. The summed E-state index contributed by atoms with van der Waals surface area (Å²) in [4.78, 5) is 16.1. The van der Waals surface area contributed by atoms with E-state index in [0.717, 1.165) is 5.70 Å². The van der Waals surface area contributed by atoms with Crippen LogP contribution >= 0.6 is 0 Å². The maximum atomic E-state index is 11.0. The fourth-order valence-corrected chi connectivity index (χ4v) is 1.35. The van der Waals surface area contributed by atoms with E-state index in [1.165, 1.54) is 7.11 Å². The predicted molar refractivity (Wildman–Crippen MR) is 36.2 cm³/mol. The van der Waals surface area contributed by atoms with Crippen molar-refractivity contribution in [3.63, 3.8) is 0 Å². The molecule has 1 fully saturated rings. The normalized spacial score (nSPS) is 27.2. The van der Waals surface area contributed by atoms with Crippen LogP contribution in [0.25, 0.3) is 0 Å². The van der Waals surface area contributed by atoms with Crippen molar-refractivity contribution in [3.05, 3.63) is 11.8 Å². The molecule has 0 aromatic carbocycles. The Bertz CT molecular complexity index is 224. The minimum atomic E-state index is -0.169. The lowest BCUT2D eigenvalue weighted by Gasteiger charge is -2.36. The van der Waals surface area contributed by atoms with Gasteiger partial charge in [-0.25, -0.2) is 0 Å². The highest BCUT2D eigenvalue weighted by Gasteiger charge is 2.41. The van der Waals surface area contributed by atoms with Gasteiger partial charge >= 0.3 is 5.97 Å². The number of hydrogen-bond donors (Lipinski definition) is 0. The highest BCUT2D eigenvalue weighted by Crippen LogP contribution is 2.33. The van der Waals surface area contributed by atoms with Crippen molar-refractivity contribution >= 4 is 5.97 Å². The number of nitrogens with zero attached hydrogens (tertiary/aromatic N) is 1. The zero-order valence-electron chi connectivity index (χ0n) is 6.24. The van der Waals surface area contributed by atoms with Gasteiger partial charge in [-0.3, -0.25) is 14.7 Å². The molecular formula is C7H9NO3. The summed E-state index contributed by atoms with van der Waals surface area (Å²) < 4.78 is 4.60. The molecule has 0 aromatic rings. The van der Waals surface area contributed by atoms with E-state index in [4.69, 9.17) is 4.84 Å². The van der Waals surface area contributed by atoms with Gasteiger partial charge in [-0.1, -0.05) is 0 Å². The smallest absolute Gasteiger partial charge is 0.316 e. The number of methoxy groups -OCH3 is 1. The number of hydrogen-bond acceptors (Lipinski definition) is 4. The monoisotopic (exact) mass is 155 g/mol. The molecule has 0 aromatic heterocycles. The third-order valence-corrected chi connectivity index (χ3v) is 2.00. The fourth-order valence-electron chi connectivity index (χ4n) is 1.35. The Morgan fingerprint density at radius 1 is 1.91 bits per heavy atom. The molecule has 2 heterocycles. The topological polar surface area (TPSA) is 38.8 Å². The van der Waals surface area contributed by atoms with Crippen LogP contribution in [-0.2, 0) is 14.4 Å². The van der Waals surface area contributed by atoms with Crippen LogP contribution in [0.5, 0.6) is 0 Å². The zero-order chi connectivity index (χ0) is 7.84. The molecule has 0 aliphatic carbocycles. The van der Waals surface area contributed by atoms with Gasteiger partial charge < -0.3 is 4.74 Å². The molecule has 2 aliphatic rings. The Kier molecular flexibility index (Phi) is 1.35. The highest BCUT2D eigenvalue weighted by molar-refractivity contribution is 5.77. The van der Waals surface area contributed by atoms with Crippen LogP contribution in [0, 0.1) is 5.92 Å². The second-order valence-corrected chi connectivity index (χ2v) is 2.56. The maximum absolute atomic E-state index is 11.0. The van der Waals surface area contributed by atoms with E-state index in [1.807, 2.05) is 6.08 Å². The van der Waals surface area contributed by atoms with E-state index >= 15 is 0 Å². The van der Waals surface area contributed by atoms with Crippen molar-refractivity contribution in [1.82, 2.24) is 5.06 Å². The first-order valence-electron chi connectivity index (χ1n) is 3.51. The Hall–Kier alpha value is -1.03. The Labute approximate surface area is 64.3 Å². The van der Waals surface area contributed by atoms with Gasteiger partial charge in [0, 0.05) is 0 Å². The number of rotatable bonds is 1. The van der Waals surface area contributed by atoms with Gasteiger partial charge in [0.05, 0.1) is 26.0 Å². The third kappa shape index (κ3) is 0.826. The first kappa shape index (κ1) is 6.67. The molecule has 0 bridgehead atoms. The second-order valence-electron chi connectivity index (χ2n) is 2.56. The maximum Gasteiger partial charge on any atom is 0.316 e. The molecule has 0 spiro atoms. The van der Waals surface area contributed by atoms with Crippen molar-refractivity contribution in [1.29, 1.82) is 0 Å². The number of carbonyl (C=O) groups excluding carboxylic acids is 1. The van der Waals surface area contributed by atoms with Crippen LogP contribution in [0.4, 0.5) is 0 Å². The quantitative estimate of drug-likeness (QED) is 0.496. The highest BCUT2D eigenvalue weighted by atomic mass is 16.7. The van der Waals surface area contributed by atoms with Crippen molar-refractivity contribution < 1.29 is 14.4 Å². The van der Waals surface area contributed by atoms with Crippen LogP contribution in [0.2, 0.25) is 0 Å². The molecule has 60 valence electrons. The summed E-state index contributed by atoms with van der Waals surface area (Å²) in [7, 11) is 1.40. The summed E-state index contributed by atoms with van der Waals surface area (Å²) in [5.74, 6) is -0.250. The van der Waals surface area contributed by atoms with E-state index in [1.54, 1.807) is 5.06 Å². The molecule has 1 atom stereocenters. The van der Waals surface area contributed by atoms with Crippen LogP contribution in [0.15, 0.2) is 11.8 Å². The van der Waals surface area contributed by atoms with Gasteiger partial charge in [0.2, 0.25) is 0 Å². The summed E-state index contributed by atoms with van der Waals surface area (Å²) >= 11 is 0. The molecule has 0 amide bonds. The van der Waals surface area contributed by atoms with Gasteiger partial charge in [-0.05, 0) is 6.08 Å². The minimum Gasteiger partial charge on any atom is -0.468 e. The predicted octanol–water partition coefficient (Wildman–Crippen LogP) is -0.0797. The SMILES string of the molecule is COC(=O)C1CN2OCC=C12. The van der Waals surface area contributed by atoms with E-state index in [2.05, 4.69) is 4.74 Å². The van der Waals surface area contributed by atoms with Crippen LogP contribution < -0.4 is 0 Å². The molecule has 0 N–H and O–H groups in total. The number of ether oxygens (including phenoxy) is 1. The fraction of sp³-hybridized carbons (Fsp3) is 0.571.